The molecule has 140 valence electrons. The molecule has 0 saturated heterocycles. The molecule has 0 atom stereocenters. The molecular formula is C19H20N3O5+. The number of fused-ring (bicyclic) bond motifs is 1. The van der Waals surface area contributed by atoms with Crippen molar-refractivity contribution in [3.8, 4) is 5.75 Å². The second-order valence-corrected chi connectivity index (χ2v) is 5.71. The molecule has 0 aliphatic rings. The summed E-state index contributed by atoms with van der Waals surface area (Å²) in [5.74, 6) is -1.69. The summed E-state index contributed by atoms with van der Waals surface area (Å²) in [5, 5.41) is 14.9. The van der Waals surface area contributed by atoms with Crippen LogP contribution in [0.3, 0.4) is 0 Å². The summed E-state index contributed by atoms with van der Waals surface area (Å²) < 4.78 is 13.0. The number of aromatic nitrogens is 3. The van der Waals surface area contributed by atoms with Crippen molar-refractivity contribution in [3.05, 3.63) is 59.5 Å². The molecule has 0 spiro atoms. The molecule has 2 aromatic heterocycles. The molecular weight excluding hydrogens is 350 g/mol. The molecule has 0 fully saturated rings. The van der Waals surface area contributed by atoms with Crippen LogP contribution in [0.1, 0.15) is 40.3 Å². The average molecular weight is 370 g/mol. The highest BCUT2D eigenvalue weighted by Gasteiger charge is 2.31. The molecule has 0 radical (unpaired) electrons. The van der Waals surface area contributed by atoms with Crippen molar-refractivity contribution in [2.24, 2.45) is 0 Å². The van der Waals surface area contributed by atoms with Crippen LogP contribution in [0.15, 0.2) is 42.7 Å². The second kappa shape index (κ2) is 7.86. The van der Waals surface area contributed by atoms with E-state index < -0.39 is 11.9 Å². The van der Waals surface area contributed by atoms with E-state index >= 15 is 0 Å². The van der Waals surface area contributed by atoms with Gasteiger partial charge < -0.3 is 14.6 Å². The highest BCUT2D eigenvalue weighted by molar-refractivity contribution is 5.97. The van der Waals surface area contributed by atoms with Crippen LogP contribution in [0.4, 0.5) is 0 Å². The quantitative estimate of drug-likeness (QED) is 0.525. The highest BCUT2D eigenvalue weighted by atomic mass is 16.5. The molecule has 3 rings (SSSR count). The topological polar surface area (TPSA) is 94.8 Å². The van der Waals surface area contributed by atoms with Crippen molar-refractivity contribution in [1.82, 2.24) is 9.67 Å². The summed E-state index contributed by atoms with van der Waals surface area (Å²) >= 11 is 0. The Morgan fingerprint density at radius 2 is 1.78 bits per heavy atom. The molecule has 2 heterocycles. The molecule has 0 bridgehead atoms. The Hall–Kier alpha value is -3.42. The second-order valence-electron chi connectivity index (χ2n) is 5.71. The van der Waals surface area contributed by atoms with E-state index in [2.05, 4.69) is 5.10 Å². The predicted octanol–water partition coefficient (Wildman–Crippen LogP) is 1.73. The monoisotopic (exact) mass is 370 g/mol. The van der Waals surface area contributed by atoms with Gasteiger partial charge in [0, 0.05) is 6.07 Å². The first-order chi connectivity index (χ1) is 13.1. The van der Waals surface area contributed by atoms with Gasteiger partial charge in [0.15, 0.2) is 0 Å². The number of nitrogens with zero attached hydrogens (tertiary/aromatic N) is 3. The zero-order valence-corrected chi connectivity index (χ0v) is 15.1. The number of pyridine rings is 1. The number of hydrogen-bond acceptors (Lipinski definition) is 6. The molecule has 0 aliphatic heterocycles. The highest BCUT2D eigenvalue weighted by Crippen LogP contribution is 2.24. The van der Waals surface area contributed by atoms with Gasteiger partial charge in [-0.05, 0) is 24.5 Å². The number of ether oxygens (including phenoxy) is 2. The molecule has 0 saturated carbocycles. The van der Waals surface area contributed by atoms with Crippen LogP contribution in [0.2, 0.25) is 0 Å². The number of carbonyl (C=O) groups excluding carboxylic acids is 2. The summed E-state index contributed by atoms with van der Waals surface area (Å²) in [6.07, 6.45) is 1.49. The standard InChI is InChI=1S/C19H19N3O5/c1-3-26-18(24)14-10-15(19(25)27-4-2)22-17(16(14)23)21(12-20-22)11-13-8-6-5-7-9-13/h5-10,12H,3-4,11H2,1-2H3/p+1. The molecule has 1 aromatic carbocycles. The fourth-order valence-electron chi connectivity index (χ4n) is 2.76. The van der Waals surface area contributed by atoms with E-state index in [1.165, 1.54) is 16.9 Å². The Morgan fingerprint density at radius 1 is 1.11 bits per heavy atom. The molecule has 8 nitrogen and oxygen atoms in total. The van der Waals surface area contributed by atoms with Gasteiger partial charge in [0.25, 0.3) is 0 Å². The number of carbonyl (C=O) groups is 2. The minimum atomic E-state index is -0.726. The van der Waals surface area contributed by atoms with Gasteiger partial charge in [-0.25, -0.2) is 14.2 Å². The molecule has 0 amide bonds. The van der Waals surface area contributed by atoms with Crippen molar-refractivity contribution in [2.45, 2.75) is 20.4 Å². The van der Waals surface area contributed by atoms with E-state index in [-0.39, 0.29) is 35.9 Å². The first-order valence-corrected chi connectivity index (χ1v) is 8.58. The van der Waals surface area contributed by atoms with Crippen molar-refractivity contribution < 1.29 is 28.7 Å². The normalized spacial score (nSPS) is 10.7. The van der Waals surface area contributed by atoms with Crippen LogP contribution in [-0.2, 0) is 16.0 Å². The lowest BCUT2D eigenvalue weighted by Crippen LogP contribution is -2.34. The van der Waals surface area contributed by atoms with Gasteiger partial charge in [-0.15, -0.1) is 0 Å². The molecule has 0 unspecified atom stereocenters. The average Bonchev–Trinajstić information content (AvgIpc) is 3.07. The fraction of sp³-hybridized carbons (Fsp3) is 0.263. The van der Waals surface area contributed by atoms with E-state index in [0.29, 0.717) is 6.54 Å². The maximum absolute atomic E-state index is 12.3. The molecule has 1 N–H and O–H groups in total. The Morgan fingerprint density at radius 3 is 2.44 bits per heavy atom. The van der Waals surface area contributed by atoms with Gasteiger partial charge in [0.1, 0.15) is 12.1 Å². The molecule has 3 aromatic rings. The minimum absolute atomic E-state index is 0.0273. The van der Waals surface area contributed by atoms with Gasteiger partial charge in [-0.1, -0.05) is 34.8 Å². The van der Waals surface area contributed by atoms with Gasteiger partial charge in [-0.3, -0.25) is 0 Å². The van der Waals surface area contributed by atoms with Crippen LogP contribution < -0.4 is 4.52 Å². The Labute approximate surface area is 155 Å². The van der Waals surface area contributed by atoms with E-state index in [9.17, 15) is 14.7 Å². The van der Waals surface area contributed by atoms with Gasteiger partial charge >= 0.3 is 17.6 Å². The van der Waals surface area contributed by atoms with E-state index in [1.54, 1.807) is 18.4 Å². The van der Waals surface area contributed by atoms with E-state index in [4.69, 9.17) is 9.47 Å². The zero-order chi connectivity index (χ0) is 19.4. The van der Waals surface area contributed by atoms with Crippen LogP contribution in [0.5, 0.6) is 5.75 Å². The maximum Gasteiger partial charge on any atom is 0.381 e. The lowest BCUT2D eigenvalue weighted by atomic mass is 10.2. The minimum Gasteiger partial charge on any atom is -0.501 e. The van der Waals surface area contributed by atoms with E-state index in [0.717, 1.165) is 5.56 Å². The Bertz CT molecular complexity index is 982. The van der Waals surface area contributed by atoms with Crippen LogP contribution >= 0.6 is 0 Å². The number of rotatable bonds is 6. The SMILES string of the molecule is CCOC(=O)c1cc(C(=O)OCC)[n+]2ncn(Cc3ccccc3)c2c1O. The predicted molar refractivity (Wildman–Crippen MR) is 94.5 cm³/mol. The Balaban J connectivity index is 2.19. The van der Waals surface area contributed by atoms with Gasteiger partial charge in [0.2, 0.25) is 17.8 Å². The fourth-order valence-corrected chi connectivity index (χ4v) is 2.76. The Kier molecular flexibility index (Phi) is 5.35. The van der Waals surface area contributed by atoms with Crippen LogP contribution in [0.25, 0.3) is 5.65 Å². The maximum atomic E-state index is 12.3. The number of aromatic hydroxyl groups is 1. The summed E-state index contributed by atoms with van der Waals surface area (Å²) in [6.45, 7) is 4.05. The van der Waals surface area contributed by atoms with E-state index in [1.807, 2.05) is 30.3 Å². The smallest absolute Gasteiger partial charge is 0.381 e. The first-order valence-electron chi connectivity index (χ1n) is 8.58. The molecule has 0 aliphatic carbocycles. The third kappa shape index (κ3) is 3.59. The first kappa shape index (κ1) is 18.4. The third-order valence-corrected chi connectivity index (χ3v) is 3.93. The molecule has 27 heavy (non-hydrogen) atoms. The van der Waals surface area contributed by atoms with Crippen molar-refractivity contribution >= 4 is 17.6 Å². The molecule has 8 heteroatoms. The lowest BCUT2D eigenvalue weighted by Gasteiger charge is -2.07. The van der Waals surface area contributed by atoms with Crippen LogP contribution in [0, 0.1) is 0 Å². The number of benzene rings is 1. The van der Waals surface area contributed by atoms with Crippen molar-refractivity contribution in [3.63, 3.8) is 0 Å². The lowest BCUT2D eigenvalue weighted by molar-refractivity contribution is -0.581. The zero-order valence-electron chi connectivity index (χ0n) is 15.1. The largest absolute Gasteiger partial charge is 0.501 e. The number of hydrogen-bond donors (Lipinski definition) is 1. The van der Waals surface area contributed by atoms with Crippen molar-refractivity contribution in [1.29, 1.82) is 0 Å². The number of esters is 2. The summed E-state index contributed by atoms with van der Waals surface area (Å²) in [7, 11) is 0. The summed E-state index contributed by atoms with van der Waals surface area (Å²) in [5.41, 5.74) is 1.08. The summed E-state index contributed by atoms with van der Waals surface area (Å²) in [4.78, 5) is 24.6. The van der Waals surface area contributed by atoms with Gasteiger partial charge in [-0.2, -0.15) is 0 Å². The van der Waals surface area contributed by atoms with Gasteiger partial charge in [0.05, 0.1) is 13.2 Å². The third-order valence-electron chi connectivity index (χ3n) is 3.93. The van der Waals surface area contributed by atoms with Crippen molar-refractivity contribution in [2.75, 3.05) is 13.2 Å². The summed E-state index contributed by atoms with van der Waals surface area (Å²) in [6, 6.07) is 10.8. The van der Waals surface area contributed by atoms with Crippen LogP contribution in [-0.4, -0.2) is 39.9 Å².